The van der Waals surface area contributed by atoms with E-state index in [2.05, 4.69) is 33.0 Å². The van der Waals surface area contributed by atoms with Crippen LogP contribution in [0.4, 0.5) is 0 Å². The topological polar surface area (TPSA) is 72.7 Å². The van der Waals surface area contributed by atoms with Gasteiger partial charge in [-0.25, -0.2) is 4.68 Å². The monoisotopic (exact) mass is 309 g/mol. The Balaban J connectivity index is 1.48. The van der Waals surface area contributed by atoms with Crippen molar-refractivity contribution in [1.82, 2.24) is 25.5 Å². The molecule has 1 aromatic heterocycles. The molecule has 4 atom stereocenters. The van der Waals surface area contributed by atoms with Crippen LogP contribution in [-0.4, -0.2) is 32.7 Å². The van der Waals surface area contributed by atoms with Gasteiger partial charge in [0.25, 0.3) is 0 Å². The van der Waals surface area contributed by atoms with Crippen LogP contribution >= 0.6 is 0 Å². The van der Waals surface area contributed by atoms with Crippen molar-refractivity contribution in [3.63, 3.8) is 0 Å². The lowest BCUT2D eigenvalue weighted by Gasteiger charge is -2.21. The fourth-order valence-electron chi connectivity index (χ4n) is 3.80. The van der Waals surface area contributed by atoms with Gasteiger partial charge < -0.3 is 5.32 Å². The third kappa shape index (κ3) is 2.76. The van der Waals surface area contributed by atoms with Crippen molar-refractivity contribution >= 4 is 5.91 Å². The van der Waals surface area contributed by atoms with Crippen molar-refractivity contribution < 1.29 is 4.79 Å². The average molecular weight is 309 g/mol. The summed E-state index contributed by atoms with van der Waals surface area (Å²) in [6.45, 7) is 0.718. The molecule has 0 saturated heterocycles. The molecule has 1 aromatic carbocycles. The van der Waals surface area contributed by atoms with Crippen LogP contribution in [0, 0.1) is 17.8 Å². The fourth-order valence-corrected chi connectivity index (χ4v) is 3.80. The van der Waals surface area contributed by atoms with Gasteiger partial charge in [0.05, 0.1) is 0 Å². The first-order valence-electron chi connectivity index (χ1n) is 8.04. The van der Waals surface area contributed by atoms with Crippen LogP contribution in [0.25, 0.3) is 0 Å². The highest BCUT2D eigenvalue weighted by Gasteiger charge is 2.36. The lowest BCUT2D eigenvalue weighted by atomic mass is 9.93. The zero-order valence-corrected chi connectivity index (χ0v) is 12.7. The summed E-state index contributed by atoms with van der Waals surface area (Å²) in [6.07, 6.45) is 8.54. The number of amides is 1. The summed E-state index contributed by atoms with van der Waals surface area (Å²) >= 11 is 0. The van der Waals surface area contributed by atoms with E-state index in [-0.39, 0.29) is 5.91 Å². The van der Waals surface area contributed by atoms with Crippen LogP contribution in [0.2, 0.25) is 0 Å². The fraction of sp³-hybridized carbons (Fsp3) is 0.412. The van der Waals surface area contributed by atoms with Gasteiger partial charge >= 0.3 is 0 Å². The van der Waals surface area contributed by atoms with E-state index in [0.29, 0.717) is 17.8 Å². The van der Waals surface area contributed by atoms with E-state index in [0.717, 1.165) is 12.1 Å². The quantitative estimate of drug-likeness (QED) is 0.851. The highest BCUT2D eigenvalue weighted by Crippen LogP contribution is 2.43. The Hall–Kier alpha value is -2.50. The first-order valence-corrected chi connectivity index (χ1v) is 8.04. The largest absolute Gasteiger partial charge is 0.354 e. The predicted octanol–water partition coefficient (Wildman–Crippen LogP) is 1.59. The van der Waals surface area contributed by atoms with Gasteiger partial charge in [0.15, 0.2) is 6.04 Å². The highest BCUT2D eigenvalue weighted by molar-refractivity contribution is 5.83. The Morgan fingerprint density at radius 3 is 2.78 bits per heavy atom. The molecular weight excluding hydrogens is 290 g/mol. The summed E-state index contributed by atoms with van der Waals surface area (Å²) in [4.78, 5) is 12.8. The van der Waals surface area contributed by atoms with Gasteiger partial charge in [0, 0.05) is 6.54 Å². The molecule has 6 nitrogen and oxygen atoms in total. The smallest absolute Gasteiger partial charge is 0.249 e. The third-order valence-electron chi connectivity index (χ3n) is 4.95. The van der Waals surface area contributed by atoms with E-state index in [1.54, 1.807) is 0 Å². The SMILES string of the molecule is O=C(NC[C@H]1C[C@@H]2C=C[C@H]1C2)[C@H](c1ccccc1)n1cnnn1. The maximum atomic E-state index is 12.8. The van der Waals surface area contributed by atoms with Crippen molar-refractivity contribution in [3.8, 4) is 0 Å². The van der Waals surface area contributed by atoms with Gasteiger partial charge in [-0.05, 0) is 46.6 Å². The van der Waals surface area contributed by atoms with Crippen molar-refractivity contribution in [2.24, 2.45) is 17.8 Å². The predicted molar refractivity (Wildman–Crippen MR) is 84.3 cm³/mol. The van der Waals surface area contributed by atoms with Crippen molar-refractivity contribution in [1.29, 1.82) is 0 Å². The molecule has 1 amide bonds. The molecule has 2 aromatic rings. The van der Waals surface area contributed by atoms with Gasteiger partial charge in [0.1, 0.15) is 6.33 Å². The van der Waals surface area contributed by atoms with Crippen LogP contribution in [0.5, 0.6) is 0 Å². The molecule has 0 radical (unpaired) electrons. The molecule has 2 aliphatic rings. The number of hydrogen-bond acceptors (Lipinski definition) is 4. The third-order valence-corrected chi connectivity index (χ3v) is 4.95. The molecule has 2 bridgehead atoms. The second-order valence-electron chi connectivity index (χ2n) is 6.39. The number of carbonyl (C=O) groups excluding carboxylic acids is 1. The van der Waals surface area contributed by atoms with Crippen molar-refractivity contribution in [3.05, 3.63) is 54.4 Å². The first-order chi connectivity index (χ1) is 11.3. The first kappa shape index (κ1) is 14.1. The molecule has 118 valence electrons. The Morgan fingerprint density at radius 1 is 1.26 bits per heavy atom. The van der Waals surface area contributed by atoms with Gasteiger partial charge in [-0.3, -0.25) is 4.79 Å². The van der Waals surface area contributed by atoms with Gasteiger partial charge in [-0.15, -0.1) is 5.10 Å². The summed E-state index contributed by atoms with van der Waals surface area (Å²) in [5.74, 6) is 1.84. The molecule has 0 aliphatic heterocycles. The number of fused-ring (bicyclic) bond motifs is 2. The van der Waals surface area contributed by atoms with Crippen molar-refractivity contribution in [2.75, 3.05) is 6.54 Å². The molecule has 0 unspecified atom stereocenters. The molecule has 1 heterocycles. The number of nitrogens with zero attached hydrogens (tertiary/aromatic N) is 4. The minimum atomic E-state index is -0.527. The van der Waals surface area contributed by atoms with Crippen LogP contribution in [0.1, 0.15) is 24.4 Å². The zero-order chi connectivity index (χ0) is 15.6. The Labute approximate surface area is 134 Å². The summed E-state index contributed by atoms with van der Waals surface area (Å²) in [5.41, 5.74) is 0.880. The number of benzene rings is 1. The summed E-state index contributed by atoms with van der Waals surface area (Å²) in [6, 6.07) is 9.08. The second kappa shape index (κ2) is 5.95. The van der Waals surface area contributed by atoms with E-state index in [4.69, 9.17) is 0 Å². The summed E-state index contributed by atoms with van der Waals surface area (Å²) in [7, 11) is 0. The number of aromatic nitrogens is 4. The van der Waals surface area contributed by atoms with E-state index >= 15 is 0 Å². The molecule has 6 heteroatoms. The van der Waals surface area contributed by atoms with E-state index in [9.17, 15) is 4.79 Å². The van der Waals surface area contributed by atoms with E-state index in [1.807, 2.05) is 30.3 Å². The molecule has 1 fully saturated rings. The molecule has 1 saturated carbocycles. The molecule has 1 N–H and O–H groups in total. The lowest BCUT2D eigenvalue weighted by molar-refractivity contribution is -0.123. The van der Waals surface area contributed by atoms with Gasteiger partial charge in [-0.2, -0.15) is 0 Å². The normalized spacial score (nSPS) is 26.3. The minimum absolute atomic E-state index is 0.0600. The van der Waals surface area contributed by atoms with Crippen LogP contribution in [-0.2, 0) is 4.79 Å². The molecule has 4 rings (SSSR count). The van der Waals surface area contributed by atoms with E-state index in [1.165, 1.54) is 23.9 Å². The number of rotatable bonds is 5. The maximum Gasteiger partial charge on any atom is 0.249 e. The lowest BCUT2D eigenvalue weighted by Crippen LogP contribution is -2.37. The zero-order valence-electron chi connectivity index (χ0n) is 12.7. The number of allylic oxidation sites excluding steroid dienone is 2. The second-order valence-corrected chi connectivity index (χ2v) is 6.39. The Bertz CT molecular complexity index is 697. The van der Waals surface area contributed by atoms with Crippen molar-refractivity contribution in [2.45, 2.75) is 18.9 Å². The average Bonchev–Trinajstić information content (AvgIpc) is 3.32. The standard InChI is InChI=1S/C17H19N5O/c23-17(18-10-15-9-12-6-7-14(15)8-12)16(22-11-19-20-21-22)13-4-2-1-3-5-13/h1-7,11-12,14-16H,8-10H2,(H,18,23)/t12-,14+,15-,16+/m1/s1. The number of tetrazole rings is 1. The van der Waals surface area contributed by atoms with E-state index < -0.39 is 6.04 Å². The van der Waals surface area contributed by atoms with Gasteiger partial charge in [-0.1, -0.05) is 42.5 Å². The highest BCUT2D eigenvalue weighted by atomic mass is 16.2. The molecule has 23 heavy (non-hydrogen) atoms. The molecular formula is C17H19N5O. The number of carbonyl (C=O) groups is 1. The molecule has 2 aliphatic carbocycles. The molecule has 0 spiro atoms. The number of hydrogen-bond donors (Lipinski definition) is 1. The summed E-state index contributed by atoms with van der Waals surface area (Å²) in [5, 5.41) is 14.3. The minimum Gasteiger partial charge on any atom is -0.354 e. The maximum absolute atomic E-state index is 12.8. The summed E-state index contributed by atoms with van der Waals surface area (Å²) < 4.78 is 1.51. The Morgan fingerprint density at radius 2 is 2.13 bits per heavy atom. The Kier molecular flexibility index (Phi) is 3.65. The van der Waals surface area contributed by atoms with Crippen LogP contribution < -0.4 is 5.32 Å². The van der Waals surface area contributed by atoms with Crippen LogP contribution in [0.3, 0.4) is 0 Å². The number of nitrogens with one attached hydrogen (secondary N) is 1. The van der Waals surface area contributed by atoms with Crippen LogP contribution in [0.15, 0.2) is 48.8 Å². The van der Waals surface area contributed by atoms with Gasteiger partial charge in [0.2, 0.25) is 5.91 Å².